The third-order valence-corrected chi connectivity index (χ3v) is 10.9. The Morgan fingerprint density at radius 3 is 2.07 bits per heavy atom. The van der Waals surface area contributed by atoms with Crippen molar-refractivity contribution in [2.24, 2.45) is 5.41 Å². The zero-order valence-electron chi connectivity index (χ0n) is 26.3. The highest BCUT2D eigenvalue weighted by Gasteiger charge is 2.44. The van der Waals surface area contributed by atoms with Gasteiger partial charge in [0.05, 0.1) is 36.0 Å². The Labute approximate surface area is 262 Å². The van der Waals surface area contributed by atoms with Crippen LogP contribution in [0, 0.1) is 5.41 Å². The zero-order valence-corrected chi connectivity index (χ0v) is 27.2. The van der Waals surface area contributed by atoms with Crippen molar-refractivity contribution < 1.29 is 27.5 Å². The van der Waals surface area contributed by atoms with Gasteiger partial charge in [0.2, 0.25) is 0 Å². The maximum absolute atomic E-state index is 14.2. The van der Waals surface area contributed by atoms with Crippen molar-refractivity contribution in [2.45, 2.75) is 94.6 Å². The lowest BCUT2D eigenvalue weighted by Crippen LogP contribution is -2.55. The first-order valence-electron chi connectivity index (χ1n) is 16.1. The molecule has 2 fully saturated rings. The summed E-state index contributed by atoms with van der Waals surface area (Å²) in [7, 11) is -1.98. The van der Waals surface area contributed by atoms with Gasteiger partial charge >= 0.3 is 12.2 Å². The lowest BCUT2D eigenvalue weighted by atomic mass is 9.69. The van der Waals surface area contributed by atoms with Crippen molar-refractivity contribution in [2.75, 3.05) is 42.8 Å². The first-order valence-corrected chi connectivity index (χ1v) is 18.0. The summed E-state index contributed by atoms with van der Waals surface area (Å²) in [6, 6.07) is 11.9. The molecule has 2 aromatic rings. The highest BCUT2D eigenvalue weighted by atomic mass is 32.2. The number of amides is 2. The summed E-state index contributed by atoms with van der Waals surface area (Å²) in [6.45, 7) is 3.73. The quantitative estimate of drug-likeness (QED) is 0.394. The number of benzene rings is 2. The van der Waals surface area contributed by atoms with Crippen LogP contribution in [0.25, 0.3) is 11.1 Å². The van der Waals surface area contributed by atoms with Crippen molar-refractivity contribution in [1.29, 1.82) is 0 Å². The number of nitrogens with zero attached hydrogens (tertiary/aromatic N) is 2. The fraction of sp³-hybridized carbons (Fsp3) is 0.588. The van der Waals surface area contributed by atoms with Gasteiger partial charge in [0, 0.05) is 18.2 Å². The van der Waals surface area contributed by atoms with Gasteiger partial charge in [-0.15, -0.1) is 0 Å². The molecule has 2 aromatic carbocycles. The summed E-state index contributed by atoms with van der Waals surface area (Å²) in [5.41, 5.74) is 2.68. The standard InChI is InChI=1S/C34H47N3O6S/c1-25-24-36(32(38)43-31-23-35-21-20-34(31)18-10-8-6-4-5-7-9-11-19-34)30-22-27(14-17-29(30)37(25)33(39)42-2)26-12-15-28(16-13-26)44(3,40)41/h12-17,22,25,31,35H,4-11,18-21,23-24H2,1-3H3/t25-,31?/m0/s1. The molecule has 1 saturated heterocycles. The van der Waals surface area contributed by atoms with E-state index < -0.39 is 22.0 Å². The number of carbonyl (C=O) groups excluding carboxylic acids is 2. The Morgan fingerprint density at radius 2 is 1.45 bits per heavy atom. The van der Waals surface area contributed by atoms with Crippen molar-refractivity contribution in [1.82, 2.24) is 5.32 Å². The Balaban J connectivity index is 1.46. The first-order chi connectivity index (χ1) is 21.1. The van der Waals surface area contributed by atoms with E-state index in [0.717, 1.165) is 49.8 Å². The smallest absolute Gasteiger partial charge is 0.414 e. The van der Waals surface area contributed by atoms with Crippen molar-refractivity contribution in [3.63, 3.8) is 0 Å². The lowest BCUT2D eigenvalue weighted by molar-refractivity contribution is -0.0268. The summed E-state index contributed by atoms with van der Waals surface area (Å²) in [5, 5.41) is 3.49. The minimum Gasteiger partial charge on any atom is -0.452 e. The Bertz CT molecular complexity index is 1410. The number of rotatable bonds is 3. The monoisotopic (exact) mass is 625 g/mol. The molecule has 0 radical (unpaired) electrons. The molecule has 10 heteroatoms. The van der Waals surface area contributed by atoms with Crippen LogP contribution in [-0.4, -0.2) is 65.7 Å². The number of nitrogens with one attached hydrogen (secondary N) is 1. The van der Waals surface area contributed by atoms with E-state index in [4.69, 9.17) is 9.47 Å². The molecule has 5 rings (SSSR count). The maximum Gasteiger partial charge on any atom is 0.414 e. The SMILES string of the molecule is COC(=O)N1c2ccc(-c3ccc(S(C)(=O)=O)cc3)cc2N(C(=O)OC2CNCCC23CCCCCCCCCC3)C[C@@H]1C. The molecule has 1 spiro atoms. The summed E-state index contributed by atoms with van der Waals surface area (Å²) in [6.07, 6.45) is 13.1. The first kappa shape index (κ1) is 32.3. The van der Waals surface area contributed by atoms with E-state index in [2.05, 4.69) is 5.32 Å². The fourth-order valence-electron chi connectivity index (χ4n) is 7.26. The number of hydrogen-bond acceptors (Lipinski definition) is 7. The summed E-state index contributed by atoms with van der Waals surface area (Å²) < 4.78 is 35.6. The van der Waals surface area contributed by atoms with Gasteiger partial charge in [-0.2, -0.15) is 0 Å². The molecule has 9 nitrogen and oxygen atoms in total. The van der Waals surface area contributed by atoms with Gasteiger partial charge in [-0.25, -0.2) is 18.0 Å². The number of piperidine rings is 1. The minimum atomic E-state index is -3.33. The van der Waals surface area contributed by atoms with E-state index in [1.165, 1.54) is 51.9 Å². The average molecular weight is 626 g/mol. The number of ether oxygens (including phenoxy) is 2. The second-order valence-corrected chi connectivity index (χ2v) is 14.8. The molecule has 0 bridgehead atoms. The number of methoxy groups -OCH3 is 1. The molecule has 1 unspecified atom stereocenters. The molecule has 2 heterocycles. The zero-order chi connectivity index (χ0) is 31.3. The van der Waals surface area contributed by atoms with Gasteiger partial charge in [-0.05, 0) is 68.1 Å². The fourth-order valence-corrected chi connectivity index (χ4v) is 7.89. The predicted molar refractivity (Wildman–Crippen MR) is 173 cm³/mol. The second-order valence-electron chi connectivity index (χ2n) is 12.8. The van der Waals surface area contributed by atoms with E-state index in [1.54, 1.807) is 34.1 Å². The maximum atomic E-state index is 14.2. The molecule has 240 valence electrons. The average Bonchev–Trinajstić information content (AvgIpc) is 3.06. The van der Waals surface area contributed by atoms with Crippen LogP contribution < -0.4 is 15.1 Å². The second kappa shape index (κ2) is 13.9. The summed E-state index contributed by atoms with van der Waals surface area (Å²) >= 11 is 0. The third kappa shape index (κ3) is 7.07. The molecule has 2 atom stereocenters. The Kier molecular flexibility index (Phi) is 10.2. The van der Waals surface area contributed by atoms with E-state index in [-0.39, 0.29) is 29.0 Å². The number of hydrogen-bond donors (Lipinski definition) is 1. The molecule has 1 saturated carbocycles. The third-order valence-electron chi connectivity index (χ3n) is 9.78. The Morgan fingerprint density at radius 1 is 0.841 bits per heavy atom. The number of fused-ring (bicyclic) bond motifs is 1. The molecule has 3 aliphatic rings. The highest BCUT2D eigenvalue weighted by molar-refractivity contribution is 7.90. The molecule has 2 amide bonds. The molecule has 2 aliphatic heterocycles. The summed E-state index contributed by atoms with van der Waals surface area (Å²) in [4.78, 5) is 30.5. The van der Waals surface area contributed by atoms with E-state index >= 15 is 0 Å². The van der Waals surface area contributed by atoms with Crippen molar-refractivity contribution in [3.05, 3.63) is 42.5 Å². The number of carbonyl (C=O) groups is 2. The van der Waals surface area contributed by atoms with Gasteiger partial charge in [-0.1, -0.05) is 69.6 Å². The molecule has 1 aliphatic carbocycles. The van der Waals surface area contributed by atoms with Crippen LogP contribution in [0.4, 0.5) is 21.0 Å². The van der Waals surface area contributed by atoms with Crippen molar-refractivity contribution >= 4 is 33.4 Å². The van der Waals surface area contributed by atoms with E-state index in [9.17, 15) is 18.0 Å². The van der Waals surface area contributed by atoms with Crippen LogP contribution in [0.2, 0.25) is 0 Å². The van der Waals surface area contributed by atoms with Gasteiger partial charge in [-0.3, -0.25) is 9.80 Å². The van der Waals surface area contributed by atoms with Gasteiger partial charge < -0.3 is 14.8 Å². The lowest BCUT2D eigenvalue weighted by Gasteiger charge is -2.46. The topological polar surface area (TPSA) is 105 Å². The van der Waals surface area contributed by atoms with Gasteiger partial charge in [0.15, 0.2) is 9.84 Å². The van der Waals surface area contributed by atoms with Crippen molar-refractivity contribution in [3.8, 4) is 11.1 Å². The Hall–Kier alpha value is -3.11. The van der Waals surface area contributed by atoms with Crippen LogP contribution in [0.3, 0.4) is 0 Å². The molecule has 1 N–H and O–H groups in total. The van der Waals surface area contributed by atoms with Crippen LogP contribution >= 0.6 is 0 Å². The normalized spacial score (nSPS) is 22.9. The van der Waals surface area contributed by atoms with Crippen LogP contribution in [0.15, 0.2) is 47.4 Å². The predicted octanol–water partition coefficient (Wildman–Crippen LogP) is 6.94. The van der Waals surface area contributed by atoms with E-state index in [1.807, 2.05) is 25.1 Å². The molecular weight excluding hydrogens is 578 g/mol. The van der Waals surface area contributed by atoms with Gasteiger partial charge in [0.25, 0.3) is 0 Å². The molecular formula is C34H47N3O6S. The number of anilines is 2. The van der Waals surface area contributed by atoms with Crippen LogP contribution in [-0.2, 0) is 19.3 Å². The molecule has 44 heavy (non-hydrogen) atoms. The van der Waals surface area contributed by atoms with Crippen LogP contribution in [0.1, 0.15) is 77.6 Å². The highest BCUT2D eigenvalue weighted by Crippen LogP contribution is 2.44. The minimum absolute atomic E-state index is 0.0310. The number of sulfone groups is 1. The van der Waals surface area contributed by atoms with Gasteiger partial charge in [0.1, 0.15) is 6.10 Å². The van der Waals surface area contributed by atoms with E-state index in [0.29, 0.717) is 17.9 Å². The summed E-state index contributed by atoms with van der Waals surface area (Å²) in [5.74, 6) is 0. The largest absolute Gasteiger partial charge is 0.452 e. The van der Waals surface area contributed by atoms with Crippen LogP contribution in [0.5, 0.6) is 0 Å². The molecule has 0 aromatic heterocycles.